The molecular weight excluding hydrogens is 288 g/mol. The number of halogens is 1. The summed E-state index contributed by atoms with van der Waals surface area (Å²) >= 11 is 6.31. The Bertz CT molecular complexity index is 487. The molecule has 116 valence electrons. The average molecular weight is 311 g/mol. The quantitative estimate of drug-likeness (QED) is 0.930. The second kappa shape index (κ2) is 6.86. The lowest BCUT2D eigenvalue weighted by atomic mass is 10.0. The molecule has 0 aliphatic carbocycles. The Morgan fingerprint density at radius 3 is 2.52 bits per heavy atom. The summed E-state index contributed by atoms with van der Waals surface area (Å²) in [7, 11) is 0. The molecule has 0 saturated carbocycles. The second-order valence-corrected chi connectivity index (χ2v) is 6.20. The van der Waals surface area contributed by atoms with Gasteiger partial charge in [-0.15, -0.1) is 0 Å². The van der Waals surface area contributed by atoms with Crippen molar-refractivity contribution >= 4 is 11.6 Å². The lowest BCUT2D eigenvalue weighted by molar-refractivity contribution is 0.173. The van der Waals surface area contributed by atoms with Crippen molar-refractivity contribution < 1.29 is 9.47 Å². The van der Waals surface area contributed by atoms with Gasteiger partial charge < -0.3 is 15.2 Å². The van der Waals surface area contributed by atoms with E-state index in [1.807, 2.05) is 12.1 Å². The molecule has 1 unspecified atom stereocenters. The van der Waals surface area contributed by atoms with Crippen LogP contribution in [-0.2, 0) is 0 Å². The molecule has 0 spiro atoms. The highest BCUT2D eigenvalue weighted by Crippen LogP contribution is 2.41. The van der Waals surface area contributed by atoms with Crippen LogP contribution in [0, 0.1) is 0 Å². The highest BCUT2D eigenvalue weighted by Gasteiger charge is 2.24. The summed E-state index contributed by atoms with van der Waals surface area (Å²) in [6, 6.07) is 4.21. The molecule has 1 fully saturated rings. The Hall–Kier alpha value is -0.970. The minimum Gasteiger partial charge on any atom is -0.454 e. The minimum atomic E-state index is 0.204. The van der Waals surface area contributed by atoms with Crippen molar-refractivity contribution in [2.75, 3.05) is 26.4 Å². The molecule has 1 saturated heterocycles. The SMILES string of the molecule is NCC(c1cc(Cl)c2c(c1)OCO2)N1CCCCCCC1. The molecule has 0 aromatic heterocycles. The molecule has 1 aromatic carbocycles. The van der Waals surface area contributed by atoms with Gasteiger partial charge in [-0.2, -0.15) is 0 Å². The van der Waals surface area contributed by atoms with E-state index >= 15 is 0 Å². The number of hydrogen-bond acceptors (Lipinski definition) is 4. The molecule has 2 aliphatic heterocycles. The van der Waals surface area contributed by atoms with Crippen molar-refractivity contribution in [1.29, 1.82) is 0 Å². The second-order valence-electron chi connectivity index (χ2n) is 5.79. The lowest BCUT2D eigenvalue weighted by Gasteiger charge is -2.32. The fourth-order valence-corrected chi connectivity index (χ4v) is 3.53. The molecule has 4 nitrogen and oxygen atoms in total. The summed E-state index contributed by atoms with van der Waals surface area (Å²) in [5.41, 5.74) is 7.20. The summed E-state index contributed by atoms with van der Waals surface area (Å²) in [5, 5.41) is 0.616. The van der Waals surface area contributed by atoms with E-state index in [2.05, 4.69) is 4.90 Å². The Labute approximate surface area is 131 Å². The number of benzene rings is 1. The van der Waals surface area contributed by atoms with Crippen molar-refractivity contribution in [3.8, 4) is 11.5 Å². The first kappa shape index (κ1) is 14.9. The maximum atomic E-state index is 6.31. The predicted octanol–water partition coefficient (Wildman–Crippen LogP) is 3.33. The highest BCUT2D eigenvalue weighted by molar-refractivity contribution is 6.32. The van der Waals surface area contributed by atoms with Crippen LogP contribution in [-0.4, -0.2) is 31.3 Å². The summed E-state index contributed by atoms with van der Waals surface area (Å²) in [6.07, 6.45) is 6.48. The van der Waals surface area contributed by atoms with Crippen molar-refractivity contribution in [3.63, 3.8) is 0 Å². The van der Waals surface area contributed by atoms with Gasteiger partial charge >= 0.3 is 0 Å². The van der Waals surface area contributed by atoms with Gasteiger partial charge in [0.1, 0.15) is 0 Å². The Balaban J connectivity index is 1.83. The van der Waals surface area contributed by atoms with Crippen LogP contribution in [0.25, 0.3) is 0 Å². The van der Waals surface area contributed by atoms with E-state index in [1.54, 1.807) is 0 Å². The number of hydrogen-bond donors (Lipinski definition) is 1. The molecule has 3 rings (SSSR count). The Kier molecular flexibility index (Phi) is 4.88. The van der Waals surface area contributed by atoms with E-state index < -0.39 is 0 Å². The fraction of sp³-hybridized carbons (Fsp3) is 0.625. The van der Waals surface area contributed by atoms with Gasteiger partial charge in [0.05, 0.1) is 5.02 Å². The predicted molar refractivity (Wildman–Crippen MR) is 84.0 cm³/mol. The first-order chi connectivity index (χ1) is 10.3. The third kappa shape index (κ3) is 3.28. The first-order valence-electron chi connectivity index (χ1n) is 7.83. The molecule has 2 N–H and O–H groups in total. The van der Waals surface area contributed by atoms with Gasteiger partial charge in [-0.25, -0.2) is 0 Å². The zero-order valence-electron chi connectivity index (χ0n) is 12.3. The van der Waals surface area contributed by atoms with E-state index in [0.717, 1.165) is 24.4 Å². The number of fused-ring (bicyclic) bond motifs is 1. The molecule has 1 atom stereocenters. The normalized spacial score (nSPS) is 20.9. The summed E-state index contributed by atoms with van der Waals surface area (Å²) < 4.78 is 10.9. The van der Waals surface area contributed by atoms with E-state index in [1.165, 1.54) is 32.1 Å². The highest BCUT2D eigenvalue weighted by atomic mass is 35.5. The van der Waals surface area contributed by atoms with Crippen LogP contribution >= 0.6 is 11.6 Å². The molecule has 5 heteroatoms. The van der Waals surface area contributed by atoms with E-state index in [0.29, 0.717) is 17.3 Å². The Morgan fingerprint density at radius 2 is 1.81 bits per heavy atom. The fourth-order valence-electron chi connectivity index (χ4n) is 3.26. The molecule has 1 aromatic rings. The van der Waals surface area contributed by atoms with Crippen molar-refractivity contribution in [2.24, 2.45) is 5.73 Å². The van der Waals surface area contributed by atoms with Crippen LogP contribution in [0.15, 0.2) is 12.1 Å². The summed E-state index contributed by atoms with van der Waals surface area (Å²) in [5.74, 6) is 1.40. The van der Waals surface area contributed by atoms with Crippen LogP contribution in [0.5, 0.6) is 11.5 Å². The zero-order chi connectivity index (χ0) is 14.7. The Morgan fingerprint density at radius 1 is 1.10 bits per heavy atom. The smallest absolute Gasteiger partial charge is 0.231 e. The minimum absolute atomic E-state index is 0.204. The third-order valence-electron chi connectivity index (χ3n) is 4.39. The van der Waals surface area contributed by atoms with Gasteiger partial charge in [0.2, 0.25) is 6.79 Å². The number of rotatable bonds is 3. The molecule has 21 heavy (non-hydrogen) atoms. The largest absolute Gasteiger partial charge is 0.454 e. The van der Waals surface area contributed by atoms with Crippen LogP contribution in [0.3, 0.4) is 0 Å². The van der Waals surface area contributed by atoms with Crippen molar-refractivity contribution in [3.05, 3.63) is 22.7 Å². The maximum Gasteiger partial charge on any atom is 0.231 e. The van der Waals surface area contributed by atoms with Gasteiger partial charge in [-0.05, 0) is 43.6 Å². The standard InChI is InChI=1S/C16H23ClN2O2/c17-13-8-12(9-15-16(13)21-11-20-15)14(10-18)19-6-4-2-1-3-5-7-19/h8-9,14H,1-7,10-11,18H2. The molecule has 0 bridgehead atoms. The van der Waals surface area contributed by atoms with Gasteiger partial charge in [-0.3, -0.25) is 4.90 Å². The average Bonchev–Trinajstić information content (AvgIpc) is 2.90. The van der Waals surface area contributed by atoms with E-state index in [4.69, 9.17) is 26.8 Å². The van der Waals surface area contributed by atoms with Gasteiger partial charge in [-0.1, -0.05) is 30.9 Å². The molecular formula is C16H23ClN2O2. The molecule has 0 radical (unpaired) electrons. The van der Waals surface area contributed by atoms with Crippen LogP contribution in [0.4, 0.5) is 0 Å². The van der Waals surface area contributed by atoms with Gasteiger partial charge in [0.25, 0.3) is 0 Å². The van der Waals surface area contributed by atoms with Crippen LogP contribution in [0.1, 0.15) is 43.7 Å². The van der Waals surface area contributed by atoms with Crippen LogP contribution in [0.2, 0.25) is 5.02 Å². The maximum absolute atomic E-state index is 6.31. The zero-order valence-corrected chi connectivity index (χ0v) is 13.1. The topological polar surface area (TPSA) is 47.7 Å². The summed E-state index contributed by atoms with van der Waals surface area (Å²) in [4.78, 5) is 2.49. The third-order valence-corrected chi connectivity index (χ3v) is 4.67. The number of likely N-dealkylation sites (tertiary alicyclic amines) is 1. The number of nitrogens with two attached hydrogens (primary N) is 1. The van der Waals surface area contributed by atoms with Crippen molar-refractivity contribution in [2.45, 2.75) is 38.1 Å². The van der Waals surface area contributed by atoms with Gasteiger partial charge in [0.15, 0.2) is 11.5 Å². The van der Waals surface area contributed by atoms with Crippen LogP contribution < -0.4 is 15.2 Å². The molecule has 2 aliphatic rings. The lowest BCUT2D eigenvalue weighted by Crippen LogP contribution is -2.36. The number of ether oxygens (including phenoxy) is 2. The summed E-state index contributed by atoms with van der Waals surface area (Å²) in [6.45, 7) is 3.05. The van der Waals surface area contributed by atoms with Gasteiger partial charge in [0, 0.05) is 12.6 Å². The van der Waals surface area contributed by atoms with Crippen molar-refractivity contribution in [1.82, 2.24) is 4.90 Å². The number of nitrogens with zero attached hydrogens (tertiary/aromatic N) is 1. The van der Waals surface area contributed by atoms with E-state index in [9.17, 15) is 0 Å². The molecule has 0 amide bonds. The molecule has 2 heterocycles. The monoisotopic (exact) mass is 310 g/mol. The first-order valence-corrected chi connectivity index (χ1v) is 8.20. The van der Waals surface area contributed by atoms with E-state index in [-0.39, 0.29) is 12.8 Å².